The predicted molar refractivity (Wildman–Crippen MR) is 85.4 cm³/mol. The van der Waals surface area contributed by atoms with Gasteiger partial charge < -0.3 is 5.11 Å². The first-order valence-electron chi connectivity index (χ1n) is 6.96. The van der Waals surface area contributed by atoms with Gasteiger partial charge >= 0.3 is 0 Å². The third kappa shape index (κ3) is 5.25. The molecule has 1 nitrogen and oxygen atoms in total. The van der Waals surface area contributed by atoms with E-state index in [-0.39, 0.29) is 0 Å². The lowest BCUT2D eigenvalue weighted by Crippen LogP contribution is -2.03. The molecule has 0 fully saturated rings. The van der Waals surface area contributed by atoms with Crippen LogP contribution < -0.4 is 0 Å². The summed E-state index contributed by atoms with van der Waals surface area (Å²) < 4.78 is 0. The number of hydrogen-bond acceptors (Lipinski definition) is 1. The Morgan fingerprint density at radius 3 is 2.20 bits per heavy atom. The second kappa shape index (κ2) is 8.13. The monoisotopic (exact) mass is 264 g/mol. The number of aliphatic hydroxyl groups excluding tert-OH is 1. The van der Waals surface area contributed by atoms with Crippen LogP contribution in [0.1, 0.15) is 17.5 Å². The fourth-order valence-corrected chi connectivity index (χ4v) is 1.98. The summed E-state index contributed by atoms with van der Waals surface area (Å²) in [6, 6.07) is 20.4. The minimum Gasteiger partial charge on any atom is -0.389 e. The van der Waals surface area contributed by atoms with Crippen LogP contribution in [0.5, 0.6) is 0 Å². The van der Waals surface area contributed by atoms with Gasteiger partial charge in [-0.2, -0.15) is 0 Å². The van der Waals surface area contributed by atoms with Crippen LogP contribution in [-0.4, -0.2) is 11.2 Å². The molecule has 20 heavy (non-hydrogen) atoms. The van der Waals surface area contributed by atoms with E-state index in [9.17, 15) is 5.11 Å². The predicted octanol–water partition coefficient (Wildman–Crippen LogP) is 4.25. The van der Waals surface area contributed by atoms with Crippen LogP contribution in [0.25, 0.3) is 6.08 Å². The third-order valence-electron chi connectivity index (χ3n) is 3.10. The van der Waals surface area contributed by atoms with Gasteiger partial charge in [0.2, 0.25) is 0 Å². The van der Waals surface area contributed by atoms with E-state index in [1.54, 1.807) is 0 Å². The summed E-state index contributed by atoms with van der Waals surface area (Å²) in [5, 5.41) is 9.89. The van der Waals surface area contributed by atoms with Crippen molar-refractivity contribution in [3.8, 4) is 0 Å². The molecular weight excluding hydrogens is 244 g/mol. The maximum atomic E-state index is 9.89. The molecule has 0 bridgehead atoms. The highest BCUT2D eigenvalue weighted by Gasteiger charge is 1.99. The van der Waals surface area contributed by atoms with Crippen LogP contribution in [0.4, 0.5) is 0 Å². The van der Waals surface area contributed by atoms with Gasteiger partial charge in [0.05, 0.1) is 6.10 Å². The average molecular weight is 264 g/mol. The van der Waals surface area contributed by atoms with Crippen molar-refractivity contribution in [1.82, 2.24) is 0 Å². The molecule has 0 saturated heterocycles. The molecule has 0 unspecified atom stereocenters. The van der Waals surface area contributed by atoms with Crippen LogP contribution >= 0.6 is 0 Å². The summed E-state index contributed by atoms with van der Waals surface area (Å²) in [5.74, 6) is 0. The molecule has 2 aromatic carbocycles. The van der Waals surface area contributed by atoms with Gasteiger partial charge in [0.15, 0.2) is 0 Å². The zero-order valence-electron chi connectivity index (χ0n) is 11.5. The van der Waals surface area contributed by atoms with E-state index in [0.717, 1.165) is 18.4 Å². The number of rotatable bonds is 6. The highest BCUT2D eigenvalue weighted by molar-refractivity contribution is 5.50. The van der Waals surface area contributed by atoms with Crippen molar-refractivity contribution in [1.29, 1.82) is 0 Å². The van der Waals surface area contributed by atoms with Gasteiger partial charge in [-0.25, -0.2) is 0 Å². The largest absolute Gasteiger partial charge is 0.389 e. The Kier molecular flexibility index (Phi) is 5.81. The normalized spacial score (nSPS) is 13.1. The fourth-order valence-electron chi connectivity index (χ4n) is 1.98. The lowest BCUT2D eigenvalue weighted by atomic mass is 10.1. The highest BCUT2D eigenvalue weighted by Crippen LogP contribution is 2.06. The van der Waals surface area contributed by atoms with E-state index in [4.69, 9.17) is 0 Å². The van der Waals surface area contributed by atoms with Gasteiger partial charge in [0.1, 0.15) is 0 Å². The van der Waals surface area contributed by atoms with E-state index in [1.165, 1.54) is 5.56 Å². The number of aliphatic hydroxyl groups is 1. The lowest BCUT2D eigenvalue weighted by molar-refractivity contribution is 0.213. The van der Waals surface area contributed by atoms with Crippen LogP contribution in [0, 0.1) is 0 Å². The van der Waals surface area contributed by atoms with E-state index in [0.29, 0.717) is 0 Å². The van der Waals surface area contributed by atoms with E-state index in [1.807, 2.05) is 60.7 Å². The zero-order chi connectivity index (χ0) is 14.0. The number of allylic oxidation sites excluding steroid dienone is 2. The third-order valence-corrected chi connectivity index (χ3v) is 3.10. The van der Waals surface area contributed by atoms with E-state index >= 15 is 0 Å². The molecule has 0 saturated carbocycles. The maximum Gasteiger partial charge on any atom is 0.0727 e. The molecule has 0 aliphatic carbocycles. The average Bonchev–Trinajstić information content (AvgIpc) is 2.52. The summed E-state index contributed by atoms with van der Waals surface area (Å²) >= 11 is 0. The Morgan fingerprint density at radius 1 is 0.850 bits per heavy atom. The Morgan fingerprint density at radius 2 is 1.50 bits per heavy atom. The Balaban J connectivity index is 1.75. The molecule has 0 aliphatic heterocycles. The summed E-state index contributed by atoms with van der Waals surface area (Å²) in [6.07, 6.45) is 8.98. The molecule has 1 heteroatoms. The van der Waals surface area contributed by atoms with Crippen molar-refractivity contribution in [3.63, 3.8) is 0 Å². The van der Waals surface area contributed by atoms with Crippen LogP contribution in [0.15, 0.2) is 78.9 Å². The molecule has 1 N–H and O–H groups in total. The zero-order valence-corrected chi connectivity index (χ0v) is 11.5. The van der Waals surface area contributed by atoms with Gasteiger partial charge in [0, 0.05) is 0 Å². The van der Waals surface area contributed by atoms with E-state index in [2.05, 4.69) is 24.3 Å². The summed E-state index contributed by atoms with van der Waals surface area (Å²) in [6.45, 7) is 0. The van der Waals surface area contributed by atoms with Crippen LogP contribution in [-0.2, 0) is 6.42 Å². The second-order valence-corrected chi connectivity index (χ2v) is 4.75. The first-order chi connectivity index (χ1) is 9.84. The molecule has 0 amide bonds. The smallest absolute Gasteiger partial charge is 0.0727 e. The van der Waals surface area contributed by atoms with Crippen molar-refractivity contribution >= 4 is 6.08 Å². The van der Waals surface area contributed by atoms with Gasteiger partial charge in [-0.3, -0.25) is 0 Å². The quantitative estimate of drug-likeness (QED) is 0.773. The standard InChI is InChI=1S/C19H20O/c20-19(16-15-18-11-5-2-6-12-18)14-8-7-13-17-9-3-1-4-10-17/h1-14,19-20H,15-16H2/t19-/m0/s1. The number of aryl methyl sites for hydroxylation is 1. The molecule has 0 spiro atoms. The number of benzene rings is 2. The molecule has 1 atom stereocenters. The summed E-state index contributed by atoms with van der Waals surface area (Å²) in [4.78, 5) is 0. The minimum absolute atomic E-state index is 0.393. The molecule has 2 rings (SSSR count). The van der Waals surface area contributed by atoms with Crippen molar-refractivity contribution in [2.75, 3.05) is 0 Å². The highest BCUT2D eigenvalue weighted by atomic mass is 16.3. The van der Waals surface area contributed by atoms with Crippen molar-refractivity contribution in [2.24, 2.45) is 0 Å². The topological polar surface area (TPSA) is 20.2 Å². The molecule has 0 aliphatic rings. The molecule has 2 aromatic rings. The molecular formula is C19H20O. The Hall–Kier alpha value is -2.12. The second-order valence-electron chi connectivity index (χ2n) is 4.75. The van der Waals surface area contributed by atoms with Crippen LogP contribution in [0.2, 0.25) is 0 Å². The number of hydrogen-bond donors (Lipinski definition) is 1. The maximum absolute atomic E-state index is 9.89. The fraction of sp³-hybridized carbons (Fsp3) is 0.158. The van der Waals surface area contributed by atoms with Crippen molar-refractivity contribution in [3.05, 3.63) is 90.0 Å². The van der Waals surface area contributed by atoms with Crippen molar-refractivity contribution < 1.29 is 5.11 Å². The molecule has 0 aromatic heterocycles. The Labute approximate surface area is 120 Å². The SMILES string of the molecule is O[C@@H](C=CC=Cc1ccccc1)CCc1ccccc1. The van der Waals surface area contributed by atoms with Crippen LogP contribution in [0.3, 0.4) is 0 Å². The minimum atomic E-state index is -0.393. The summed E-state index contributed by atoms with van der Waals surface area (Å²) in [5.41, 5.74) is 2.43. The lowest BCUT2D eigenvalue weighted by Gasteiger charge is -2.04. The first kappa shape index (κ1) is 14.3. The van der Waals surface area contributed by atoms with Gasteiger partial charge in [-0.15, -0.1) is 0 Å². The molecule has 102 valence electrons. The van der Waals surface area contributed by atoms with Crippen molar-refractivity contribution in [2.45, 2.75) is 18.9 Å². The Bertz CT molecular complexity index is 540. The molecule has 0 heterocycles. The first-order valence-corrected chi connectivity index (χ1v) is 6.96. The molecule has 0 radical (unpaired) electrons. The summed E-state index contributed by atoms with van der Waals surface area (Å²) in [7, 11) is 0. The van der Waals surface area contributed by atoms with Gasteiger partial charge in [-0.05, 0) is 24.0 Å². The van der Waals surface area contributed by atoms with E-state index < -0.39 is 6.10 Å². The van der Waals surface area contributed by atoms with Gasteiger partial charge in [-0.1, -0.05) is 85.0 Å². The van der Waals surface area contributed by atoms with Gasteiger partial charge in [0.25, 0.3) is 0 Å².